The van der Waals surface area contributed by atoms with Crippen LogP contribution in [0.3, 0.4) is 0 Å². The maximum atomic E-state index is 12.7. The molecule has 5 heteroatoms. The van der Waals surface area contributed by atoms with Crippen LogP contribution < -0.4 is 5.32 Å². The lowest BCUT2D eigenvalue weighted by molar-refractivity contribution is -0.185. The van der Waals surface area contributed by atoms with Crippen molar-refractivity contribution in [1.82, 2.24) is 10.2 Å². The van der Waals surface area contributed by atoms with Crippen LogP contribution in [0.4, 0.5) is 13.2 Å². The topological polar surface area (TPSA) is 15.3 Å². The van der Waals surface area contributed by atoms with Gasteiger partial charge in [0.25, 0.3) is 0 Å². The quantitative estimate of drug-likeness (QED) is 0.902. The molecule has 2 aliphatic rings. The normalized spacial score (nSPS) is 24.8. The highest BCUT2D eigenvalue weighted by molar-refractivity contribution is 5.32. The van der Waals surface area contributed by atoms with Crippen LogP contribution in [0.2, 0.25) is 0 Å². The smallest absolute Gasteiger partial charge is 0.312 e. The van der Waals surface area contributed by atoms with Crippen molar-refractivity contribution in [3.8, 4) is 0 Å². The molecule has 0 aromatic heterocycles. The van der Waals surface area contributed by atoms with Gasteiger partial charge in [-0.2, -0.15) is 13.2 Å². The number of piperidine rings is 1. The lowest BCUT2D eigenvalue weighted by atomic mass is 9.89. The van der Waals surface area contributed by atoms with Gasteiger partial charge in [0, 0.05) is 25.6 Å². The number of rotatable bonds is 2. The molecule has 0 radical (unpaired) electrons. The number of benzene rings is 1. The van der Waals surface area contributed by atoms with E-state index in [0.717, 1.165) is 19.6 Å². The number of likely N-dealkylation sites (tertiary alicyclic amines) is 1. The zero-order valence-corrected chi connectivity index (χ0v) is 12.0. The Kier molecular flexibility index (Phi) is 4.22. The summed E-state index contributed by atoms with van der Waals surface area (Å²) in [6, 6.07) is 8.37. The molecule has 1 aromatic rings. The standard InChI is InChI=1S/C16H21F3N2/c17-16(18,19)14-5-7-21(8-6-14)11-13-10-20-9-12-3-1-2-4-15(12)13/h1-4,13-14,20H,5-11H2. The second-order valence-electron chi connectivity index (χ2n) is 6.14. The van der Waals surface area contributed by atoms with Gasteiger partial charge in [-0.3, -0.25) is 0 Å². The van der Waals surface area contributed by atoms with Gasteiger partial charge in [-0.1, -0.05) is 24.3 Å². The molecule has 2 aliphatic heterocycles. The summed E-state index contributed by atoms with van der Waals surface area (Å²) in [5.41, 5.74) is 2.67. The molecule has 1 saturated heterocycles. The number of alkyl halides is 3. The molecular weight excluding hydrogens is 277 g/mol. The highest BCUT2D eigenvalue weighted by atomic mass is 19.4. The number of halogens is 3. The zero-order chi connectivity index (χ0) is 14.9. The molecular formula is C16H21F3N2. The maximum Gasteiger partial charge on any atom is 0.391 e. The van der Waals surface area contributed by atoms with Crippen LogP contribution >= 0.6 is 0 Å². The molecule has 3 rings (SSSR count). The number of hydrogen-bond acceptors (Lipinski definition) is 2. The van der Waals surface area contributed by atoms with Gasteiger partial charge in [-0.15, -0.1) is 0 Å². The molecule has 0 spiro atoms. The van der Waals surface area contributed by atoms with E-state index >= 15 is 0 Å². The molecule has 0 bridgehead atoms. The largest absolute Gasteiger partial charge is 0.391 e. The molecule has 2 nitrogen and oxygen atoms in total. The molecule has 1 unspecified atom stereocenters. The van der Waals surface area contributed by atoms with Crippen LogP contribution in [0.5, 0.6) is 0 Å². The number of nitrogens with zero attached hydrogens (tertiary/aromatic N) is 1. The summed E-state index contributed by atoms with van der Waals surface area (Å²) in [6.07, 6.45) is -3.54. The minimum absolute atomic E-state index is 0.241. The summed E-state index contributed by atoms with van der Waals surface area (Å²) in [4.78, 5) is 2.19. The predicted octanol–water partition coefficient (Wildman–Crippen LogP) is 3.15. The molecule has 0 saturated carbocycles. The number of hydrogen-bond donors (Lipinski definition) is 1. The lowest BCUT2D eigenvalue weighted by Gasteiger charge is -2.36. The maximum absolute atomic E-state index is 12.7. The van der Waals surface area contributed by atoms with E-state index in [-0.39, 0.29) is 12.8 Å². The molecule has 1 fully saturated rings. The van der Waals surface area contributed by atoms with Gasteiger partial charge >= 0.3 is 6.18 Å². The highest BCUT2D eigenvalue weighted by Gasteiger charge is 2.41. The van der Waals surface area contributed by atoms with E-state index in [1.165, 1.54) is 11.1 Å². The predicted molar refractivity (Wildman–Crippen MR) is 76.1 cm³/mol. The van der Waals surface area contributed by atoms with Crippen molar-refractivity contribution in [2.45, 2.75) is 31.5 Å². The Bertz CT molecular complexity index is 479. The van der Waals surface area contributed by atoms with E-state index in [0.29, 0.717) is 19.0 Å². The Hall–Kier alpha value is -1.07. The van der Waals surface area contributed by atoms with Crippen molar-refractivity contribution in [1.29, 1.82) is 0 Å². The highest BCUT2D eigenvalue weighted by Crippen LogP contribution is 2.35. The summed E-state index contributed by atoms with van der Waals surface area (Å²) in [7, 11) is 0. The van der Waals surface area contributed by atoms with Gasteiger partial charge < -0.3 is 10.2 Å². The van der Waals surface area contributed by atoms with Gasteiger partial charge in [-0.25, -0.2) is 0 Å². The fraction of sp³-hybridized carbons (Fsp3) is 0.625. The molecule has 1 aromatic carbocycles. The minimum atomic E-state index is -4.02. The van der Waals surface area contributed by atoms with E-state index in [2.05, 4.69) is 22.3 Å². The Labute approximate surface area is 123 Å². The fourth-order valence-electron chi connectivity index (χ4n) is 3.50. The van der Waals surface area contributed by atoms with Crippen molar-refractivity contribution < 1.29 is 13.2 Å². The minimum Gasteiger partial charge on any atom is -0.312 e. The van der Waals surface area contributed by atoms with Gasteiger partial charge in [0.05, 0.1) is 5.92 Å². The third kappa shape index (κ3) is 3.40. The third-order valence-corrected chi connectivity index (χ3v) is 4.73. The average Bonchev–Trinajstić information content (AvgIpc) is 2.47. The van der Waals surface area contributed by atoms with E-state index in [1.807, 2.05) is 12.1 Å². The summed E-state index contributed by atoms with van der Waals surface area (Å²) in [6.45, 7) is 3.78. The Morgan fingerprint density at radius 2 is 1.86 bits per heavy atom. The molecule has 0 amide bonds. The van der Waals surface area contributed by atoms with Crippen LogP contribution in [-0.4, -0.2) is 37.3 Å². The first-order valence-corrected chi connectivity index (χ1v) is 7.61. The van der Waals surface area contributed by atoms with Crippen molar-refractivity contribution in [2.75, 3.05) is 26.2 Å². The van der Waals surface area contributed by atoms with Crippen LogP contribution in [0.25, 0.3) is 0 Å². The van der Waals surface area contributed by atoms with Crippen LogP contribution in [0, 0.1) is 5.92 Å². The summed E-state index contributed by atoms with van der Waals surface area (Å²) in [5.74, 6) is -0.720. The second kappa shape index (κ2) is 5.97. The van der Waals surface area contributed by atoms with Crippen molar-refractivity contribution in [3.05, 3.63) is 35.4 Å². The van der Waals surface area contributed by atoms with Gasteiger partial charge in [0.1, 0.15) is 0 Å². The molecule has 21 heavy (non-hydrogen) atoms. The monoisotopic (exact) mass is 298 g/mol. The SMILES string of the molecule is FC(F)(F)C1CCN(CC2CNCc3ccccc32)CC1. The van der Waals surface area contributed by atoms with Crippen LogP contribution in [0.15, 0.2) is 24.3 Å². The first kappa shape index (κ1) is 14.9. The number of nitrogens with one attached hydrogen (secondary N) is 1. The summed E-state index contributed by atoms with van der Waals surface area (Å²) < 4.78 is 38.1. The second-order valence-corrected chi connectivity index (χ2v) is 6.14. The van der Waals surface area contributed by atoms with Crippen molar-refractivity contribution in [3.63, 3.8) is 0 Å². The van der Waals surface area contributed by atoms with E-state index in [1.54, 1.807) is 0 Å². The zero-order valence-electron chi connectivity index (χ0n) is 12.0. The average molecular weight is 298 g/mol. The first-order chi connectivity index (χ1) is 10.0. The lowest BCUT2D eigenvalue weighted by Crippen LogP contribution is -2.43. The van der Waals surface area contributed by atoms with Gasteiger partial charge in [0.2, 0.25) is 0 Å². The molecule has 1 N–H and O–H groups in total. The van der Waals surface area contributed by atoms with E-state index < -0.39 is 12.1 Å². The number of fused-ring (bicyclic) bond motifs is 1. The fourth-order valence-corrected chi connectivity index (χ4v) is 3.50. The molecule has 1 atom stereocenters. The van der Waals surface area contributed by atoms with Crippen molar-refractivity contribution in [2.24, 2.45) is 5.92 Å². The van der Waals surface area contributed by atoms with Crippen LogP contribution in [0.1, 0.15) is 29.9 Å². The van der Waals surface area contributed by atoms with Gasteiger partial charge in [-0.05, 0) is 37.1 Å². The van der Waals surface area contributed by atoms with E-state index in [4.69, 9.17) is 0 Å². The Balaban J connectivity index is 1.59. The van der Waals surface area contributed by atoms with Gasteiger partial charge in [0.15, 0.2) is 0 Å². The summed E-state index contributed by atoms with van der Waals surface area (Å²) in [5, 5.41) is 3.41. The van der Waals surface area contributed by atoms with E-state index in [9.17, 15) is 13.2 Å². The van der Waals surface area contributed by atoms with Crippen molar-refractivity contribution >= 4 is 0 Å². The Morgan fingerprint density at radius 1 is 1.14 bits per heavy atom. The van der Waals surface area contributed by atoms with Crippen LogP contribution in [-0.2, 0) is 6.54 Å². The Morgan fingerprint density at radius 3 is 2.57 bits per heavy atom. The molecule has 2 heterocycles. The third-order valence-electron chi connectivity index (χ3n) is 4.73. The first-order valence-electron chi connectivity index (χ1n) is 7.61. The summed E-state index contributed by atoms with van der Waals surface area (Å²) >= 11 is 0. The molecule has 0 aliphatic carbocycles. The molecule has 116 valence electrons.